The van der Waals surface area contributed by atoms with Crippen molar-refractivity contribution < 1.29 is 14.0 Å². The van der Waals surface area contributed by atoms with Gasteiger partial charge in [0.2, 0.25) is 11.8 Å². The molecule has 4 nitrogen and oxygen atoms in total. The van der Waals surface area contributed by atoms with Gasteiger partial charge in [0, 0.05) is 18.3 Å². The van der Waals surface area contributed by atoms with Crippen LogP contribution in [0.3, 0.4) is 0 Å². The maximum Gasteiger partial charge on any atom is 0.243 e. The Bertz CT molecular complexity index is 895. The lowest BCUT2D eigenvalue weighted by molar-refractivity contribution is -0.139. The first kappa shape index (κ1) is 25.3. The van der Waals surface area contributed by atoms with E-state index in [-0.39, 0.29) is 29.4 Å². The van der Waals surface area contributed by atoms with Crippen molar-refractivity contribution in [2.24, 2.45) is 0 Å². The molecule has 1 atom stereocenters. The fourth-order valence-electron chi connectivity index (χ4n) is 4.27. The van der Waals surface area contributed by atoms with Gasteiger partial charge < -0.3 is 10.2 Å². The highest BCUT2D eigenvalue weighted by Gasteiger charge is 2.30. The van der Waals surface area contributed by atoms with Gasteiger partial charge in [-0.3, -0.25) is 9.59 Å². The average molecular weight is 471 g/mol. The van der Waals surface area contributed by atoms with Crippen molar-refractivity contribution in [3.05, 3.63) is 71.0 Å². The standard InChI is InChI=1S/C27H35FN2O2S/c1-3-25(27(32)29-24-7-5-4-6-8-24)30(17-21-11-9-20(2)10-12-21)26(31)19-33-18-22-13-15-23(28)16-14-22/h9-16,24-25H,3-8,17-19H2,1-2H3,(H,29,32). The highest BCUT2D eigenvalue weighted by Crippen LogP contribution is 2.20. The van der Waals surface area contributed by atoms with Gasteiger partial charge in [-0.1, -0.05) is 68.1 Å². The second-order valence-electron chi connectivity index (χ2n) is 8.89. The number of thioether (sulfide) groups is 1. The van der Waals surface area contributed by atoms with Gasteiger partial charge in [-0.05, 0) is 49.4 Å². The number of halogens is 1. The molecule has 0 radical (unpaired) electrons. The molecule has 6 heteroatoms. The Hall–Kier alpha value is -2.34. The molecule has 2 amide bonds. The summed E-state index contributed by atoms with van der Waals surface area (Å²) in [6.45, 7) is 4.41. The third-order valence-electron chi connectivity index (χ3n) is 6.22. The van der Waals surface area contributed by atoms with Crippen molar-refractivity contribution in [2.45, 2.75) is 76.8 Å². The van der Waals surface area contributed by atoms with E-state index in [1.165, 1.54) is 30.3 Å². The topological polar surface area (TPSA) is 49.4 Å². The molecule has 2 aromatic rings. The van der Waals surface area contributed by atoms with Crippen LogP contribution in [0.15, 0.2) is 48.5 Å². The minimum absolute atomic E-state index is 0.0478. The molecule has 1 N–H and O–H groups in total. The zero-order chi connectivity index (χ0) is 23.6. The number of carbonyl (C=O) groups excluding carboxylic acids is 2. The summed E-state index contributed by atoms with van der Waals surface area (Å²) in [6.07, 6.45) is 6.12. The lowest BCUT2D eigenvalue weighted by Crippen LogP contribution is -2.52. The first-order chi connectivity index (χ1) is 16.0. The molecule has 0 saturated heterocycles. The van der Waals surface area contributed by atoms with Crippen LogP contribution in [0.1, 0.15) is 62.1 Å². The van der Waals surface area contributed by atoms with Gasteiger partial charge >= 0.3 is 0 Å². The van der Waals surface area contributed by atoms with Crippen molar-refractivity contribution in [1.82, 2.24) is 10.2 Å². The fraction of sp³-hybridized carbons (Fsp3) is 0.481. The van der Waals surface area contributed by atoms with Crippen LogP contribution in [-0.4, -0.2) is 34.6 Å². The van der Waals surface area contributed by atoms with Gasteiger partial charge in [-0.15, -0.1) is 11.8 Å². The van der Waals surface area contributed by atoms with E-state index in [9.17, 15) is 14.0 Å². The molecule has 1 aliphatic rings. The third kappa shape index (κ3) is 7.88. The largest absolute Gasteiger partial charge is 0.352 e. The monoisotopic (exact) mass is 470 g/mol. The van der Waals surface area contributed by atoms with Crippen molar-refractivity contribution in [2.75, 3.05) is 5.75 Å². The molecule has 1 fully saturated rings. The molecule has 178 valence electrons. The molecule has 0 aromatic heterocycles. The Morgan fingerprint density at radius 2 is 1.67 bits per heavy atom. The molecule has 1 aliphatic carbocycles. The number of carbonyl (C=O) groups is 2. The Kier molecular flexibility index (Phi) is 9.79. The number of benzene rings is 2. The summed E-state index contributed by atoms with van der Waals surface area (Å²) in [5.74, 6) is 0.534. The second-order valence-corrected chi connectivity index (χ2v) is 9.88. The lowest BCUT2D eigenvalue weighted by Gasteiger charge is -2.32. The van der Waals surface area contributed by atoms with Crippen molar-refractivity contribution >= 4 is 23.6 Å². The minimum Gasteiger partial charge on any atom is -0.352 e. The van der Waals surface area contributed by atoms with Gasteiger partial charge in [-0.25, -0.2) is 4.39 Å². The van der Waals surface area contributed by atoms with Crippen molar-refractivity contribution in [3.63, 3.8) is 0 Å². The van der Waals surface area contributed by atoms with E-state index in [2.05, 4.69) is 5.32 Å². The summed E-state index contributed by atoms with van der Waals surface area (Å²) < 4.78 is 13.1. The summed E-state index contributed by atoms with van der Waals surface area (Å²) >= 11 is 1.49. The highest BCUT2D eigenvalue weighted by molar-refractivity contribution is 7.99. The zero-order valence-corrected chi connectivity index (χ0v) is 20.5. The summed E-state index contributed by atoms with van der Waals surface area (Å²) in [7, 11) is 0. The van der Waals surface area contributed by atoms with Crippen LogP contribution in [0.25, 0.3) is 0 Å². The SMILES string of the molecule is CCC(C(=O)NC1CCCCC1)N(Cc1ccc(C)cc1)C(=O)CSCc1ccc(F)cc1. The Morgan fingerprint density at radius 1 is 1.03 bits per heavy atom. The molecule has 0 spiro atoms. The minimum atomic E-state index is -0.493. The van der Waals surface area contributed by atoms with E-state index in [1.54, 1.807) is 17.0 Å². The summed E-state index contributed by atoms with van der Waals surface area (Å²) in [6, 6.07) is 14.2. The Balaban J connectivity index is 1.68. The predicted octanol–water partition coefficient (Wildman–Crippen LogP) is 5.62. The van der Waals surface area contributed by atoms with Crippen LogP contribution in [-0.2, 0) is 21.9 Å². The van der Waals surface area contributed by atoms with E-state index >= 15 is 0 Å². The third-order valence-corrected chi connectivity index (χ3v) is 7.21. The molecule has 3 rings (SSSR count). The average Bonchev–Trinajstić information content (AvgIpc) is 2.82. The van der Waals surface area contributed by atoms with Crippen LogP contribution in [0.2, 0.25) is 0 Å². The molecule has 1 saturated carbocycles. The normalized spacial score (nSPS) is 15.1. The molecule has 1 unspecified atom stereocenters. The number of nitrogens with zero attached hydrogens (tertiary/aromatic N) is 1. The quantitative estimate of drug-likeness (QED) is 0.490. The number of hydrogen-bond donors (Lipinski definition) is 1. The molecular formula is C27H35FN2O2S. The van der Waals surface area contributed by atoms with Crippen LogP contribution >= 0.6 is 11.8 Å². The lowest BCUT2D eigenvalue weighted by atomic mass is 9.95. The van der Waals surface area contributed by atoms with Crippen LogP contribution in [0, 0.1) is 12.7 Å². The molecular weight excluding hydrogens is 435 g/mol. The number of rotatable bonds is 10. The second kappa shape index (κ2) is 12.8. The number of nitrogens with one attached hydrogen (secondary N) is 1. The molecule has 33 heavy (non-hydrogen) atoms. The summed E-state index contributed by atoms with van der Waals surface area (Å²) in [5, 5.41) is 3.21. The van der Waals surface area contributed by atoms with Gasteiger partial charge in [-0.2, -0.15) is 0 Å². The smallest absolute Gasteiger partial charge is 0.243 e. The highest BCUT2D eigenvalue weighted by atomic mass is 32.2. The maximum atomic E-state index is 13.3. The number of hydrogen-bond acceptors (Lipinski definition) is 3. The van der Waals surface area contributed by atoms with Gasteiger partial charge in [0.05, 0.1) is 5.75 Å². The van der Waals surface area contributed by atoms with Crippen molar-refractivity contribution in [1.29, 1.82) is 0 Å². The van der Waals surface area contributed by atoms with Crippen LogP contribution < -0.4 is 5.32 Å². The first-order valence-electron chi connectivity index (χ1n) is 11.9. The van der Waals surface area contributed by atoms with Gasteiger partial charge in [0.15, 0.2) is 0 Å². The maximum absolute atomic E-state index is 13.3. The van der Waals surface area contributed by atoms with E-state index in [0.717, 1.165) is 42.4 Å². The fourth-order valence-corrected chi connectivity index (χ4v) is 5.14. The summed E-state index contributed by atoms with van der Waals surface area (Å²) in [5.41, 5.74) is 3.15. The zero-order valence-electron chi connectivity index (χ0n) is 19.7. The Morgan fingerprint density at radius 3 is 2.30 bits per heavy atom. The van der Waals surface area contributed by atoms with E-state index < -0.39 is 6.04 Å². The van der Waals surface area contributed by atoms with Crippen molar-refractivity contribution in [3.8, 4) is 0 Å². The van der Waals surface area contributed by atoms with Crippen LogP contribution in [0.4, 0.5) is 4.39 Å². The van der Waals surface area contributed by atoms with Gasteiger partial charge in [0.1, 0.15) is 11.9 Å². The van der Waals surface area contributed by atoms with Crippen LogP contribution in [0.5, 0.6) is 0 Å². The molecule has 0 heterocycles. The molecule has 0 aliphatic heterocycles. The first-order valence-corrected chi connectivity index (χ1v) is 13.1. The summed E-state index contributed by atoms with van der Waals surface area (Å²) in [4.78, 5) is 28.3. The molecule has 2 aromatic carbocycles. The Labute approximate surface area is 201 Å². The predicted molar refractivity (Wildman–Crippen MR) is 133 cm³/mol. The number of aryl methyl sites for hydroxylation is 1. The van der Waals surface area contributed by atoms with E-state index in [0.29, 0.717) is 18.7 Å². The number of amides is 2. The van der Waals surface area contributed by atoms with Gasteiger partial charge in [0.25, 0.3) is 0 Å². The molecule has 0 bridgehead atoms. The van der Waals surface area contributed by atoms with E-state index in [4.69, 9.17) is 0 Å². The van der Waals surface area contributed by atoms with E-state index in [1.807, 2.05) is 38.1 Å².